The van der Waals surface area contributed by atoms with E-state index in [0.29, 0.717) is 33.4 Å². The Kier molecular flexibility index (Phi) is 5.50. The number of amides is 2. The predicted octanol–water partition coefficient (Wildman–Crippen LogP) is 3.69. The summed E-state index contributed by atoms with van der Waals surface area (Å²) in [5.74, 6) is -0.212. The number of carbonyl (C=O) groups is 2. The summed E-state index contributed by atoms with van der Waals surface area (Å²) in [5.41, 5.74) is 1.67. The molecule has 0 fully saturated rings. The van der Waals surface area contributed by atoms with Crippen LogP contribution in [0.1, 0.15) is 27.4 Å². The van der Waals surface area contributed by atoms with E-state index in [4.69, 9.17) is 4.42 Å². The number of nitro groups is 1. The fourth-order valence-electron chi connectivity index (χ4n) is 2.48. The number of furan rings is 1. The van der Waals surface area contributed by atoms with Crippen molar-refractivity contribution in [1.82, 2.24) is 4.98 Å². The van der Waals surface area contributed by atoms with Crippen LogP contribution in [0, 0.1) is 24.0 Å². The molecule has 0 aliphatic heterocycles. The summed E-state index contributed by atoms with van der Waals surface area (Å²) in [6, 6.07) is 6.04. The maximum Gasteiger partial charge on any atom is 0.274 e. The number of nitrogens with one attached hydrogen (secondary N) is 2. The Hall–Kier alpha value is -3.53. The molecule has 0 bridgehead atoms. The maximum atomic E-state index is 12.2. The second-order valence-corrected chi connectivity index (χ2v) is 6.83. The largest absolute Gasteiger partial charge is 0.469 e. The number of benzene rings is 1. The minimum absolute atomic E-state index is 0.0290. The first-order valence-electron chi connectivity index (χ1n) is 8.18. The van der Waals surface area contributed by atoms with Gasteiger partial charge in [-0.2, -0.15) is 0 Å². The zero-order valence-corrected chi connectivity index (χ0v) is 15.8. The van der Waals surface area contributed by atoms with E-state index in [0.717, 1.165) is 0 Å². The van der Waals surface area contributed by atoms with Gasteiger partial charge in [0.1, 0.15) is 5.76 Å². The third-order valence-corrected chi connectivity index (χ3v) is 4.71. The summed E-state index contributed by atoms with van der Waals surface area (Å²) in [7, 11) is 0. The standard InChI is InChI=1S/C18H16N4O5S/c1-10-3-4-12(7-15(10)22(25)26)19-16(23)8-13-9-28-18(20-13)21-17(24)14-5-6-27-11(14)2/h3-7,9H,8H2,1-2H3,(H,19,23)(H,20,21,24). The molecule has 0 radical (unpaired) electrons. The Morgan fingerprint density at radius 3 is 2.71 bits per heavy atom. The number of hydrogen-bond donors (Lipinski definition) is 2. The van der Waals surface area contributed by atoms with Crippen LogP contribution in [0.2, 0.25) is 0 Å². The molecule has 0 spiro atoms. The van der Waals surface area contributed by atoms with Gasteiger partial charge in [0.2, 0.25) is 5.91 Å². The molecule has 9 nitrogen and oxygen atoms in total. The number of aryl methyl sites for hydroxylation is 2. The summed E-state index contributed by atoms with van der Waals surface area (Å²) in [4.78, 5) is 39.1. The van der Waals surface area contributed by atoms with Crippen LogP contribution in [0.15, 0.2) is 40.3 Å². The molecule has 2 amide bonds. The van der Waals surface area contributed by atoms with Crippen LogP contribution in [0.3, 0.4) is 0 Å². The number of nitro benzene ring substituents is 1. The number of hydrogen-bond acceptors (Lipinski definition) is 7. The Morgan fingerprint density at radius 1 is 1.25 bits per heavy atom. The lowest BCUT2D eigenvalue weighted by molar-refractivity contribution is -0.385. The van der Waals surface area contributed by atoms with E-state index in [1.165, 1.54) is 23.7 Å². The highest BCUT2D eigenvalue weighted by atomic mass is 32.1. The summed E-state index contributed by atoms with van der Waals surface area (Å²) in [6.45, 7) is 3.31. The molecule has 0 saturated heterocycles. The van der Waals surface area contributed by atoms with E-state index in [9.17, 15) is 19.7 Å². The molecule has 0 unspecified atom stereocenters. The smallest absolute Gasteiger partial charge is 0.274 e. The molecule has 3 rings (SSSR count). The molecular formula is C18H16N4O5S. The third kappa shape index (κ3) is 4.41. The van der Waals surface area contributed by atoms with E-state index in [-0.39, 0.29) is 23.9 Å². The minimum Gasteiger partial charge on any atom is -0.469 e. The Balaban J connectivity index is 1.61. The lowest BCUT2D eigenvalue weighted by Gasteiger charge is -2.05. The fraction of sp³-hybridized carbons (Fsp3) is 0.167. The van der Waals surface area contributed by atoms with Crippen LogP contribution < -0.4 is 10.6 Å². The van der Waals surface area contributed by atoms with Gasteiger partial charge in [-0.15, -0.1) is 11.3 Å². The van der Waals surface area contributed by atoms with Crippen LogP contribution in [-0.2, 0) is 11.2 Å². The van der Waals surface area contributed by atoms with Gasteiger partial charge in [-0.05, 0) is 26.0 Å². The van der Waals surface area contributed by atoms with Crippen molar-refractivity contribution in [1.29, 1.82) is 0 Å². The lowest BCUT2D eigenvalue weighted by atomic mass is 10.2. The molecule has 2 heterocycles. The Bertz CT molecular complexity index is 1060. The Labute approximate surface area is 163 Å². The Morgan fingerprint density at radius 2 is 2.04 bits per heavy atom. The minimum atomic E-state index is -0.498. The summed E-state index contributed by atoms with van der Waals surface area (Å²) in [5, 5.41) is 18.3. The number of thiazole rings is 1. The highest BCUT2D eigenvalue weighted by Gasteiger charge is 2.16. The van der Waals surface area contributed by atoms with Crippen molar-refractivity contribution in [3.8, 4) is 0 Å². The van der Waals surface area contributed by atoms with Gasteiger partial charge in [0.15, 0.2) is 5.13 Å². The van der Waals surface area contributed by atoms with E-state index in [2.05, 4.69) is 15.6 Å². The van der Waals surface area contributed by atoms with Crippen LogP contribution in [0.4, 0.5) is 16.5 Å². The van der Waals surface area contributed by atoms with Gasteiger partial charge in [-0.1, -0.05) is 6.07 Å². The molecule has 144 valence electrons. The van der Waals surface area contributed by atoms with Gasteiger partial charge in [0.05, 0.1) is 28.9 Å². The topological polar surface area (TPSA) is 127 Å². The number of rotatable bonds is 6. The molecule has 2 aromatic heterocycles. The van der Waals surface area contributed by atoms with E-state index in [1.54, 1.807) is 37.4 Å². The number of anilines is 2. The molecule has 0 aliphatic carbocycles. The van der Waals surface area contributed by atoms with Crippen LogP contribution in [-0.4, -0.2) is 21.7 Å². The maximum absolute atomic E-state index is 12.2. The first-order chi connectivity index (χ1) is 13.3. The summed E-state index contributed by atoms with van der Waals surface area (Å²) < 4.78 is 5.10. The van der Waals surface area contributed by atoms with Gasteiger partial charge in [0, 0.05) is 22.7 Å². The van der Waals surface area contributed by atoms with Crippen molar-refractivity contribution >= 4 is 39.7 Å². The van der Waals surface area contributed by atoms with Gasteiger partial charge in [-0.3, -0.25) is 25.0 Å². The molecule has 0 saturated carbocycles. The van der Waals surface area contributed by atoms with Crippen LogP contribution in [0.25, 0.3) is 0 Å². The van der Waals surface area contributed by atoms with Crippen molar-refractivity contribution in [2.45, 2.75) is 20.3 Å². The van der Waals surface area contributed by atoms with Crippen molar-refractivity contribution in [3.63, 3.8) is 0 Å². The molecule has 2 N–H and O–H groups in total. The average molecular weight is 400 g/mol. The molecule has 0 aliphatic rings. The highest BCUT2D eigenvalue weighted by molar-refractivity contribution is 7.14. The third-order valence-electron chi connectivity index (χ3n) is 3.91. The monoisotopic (exact) mass is 400 g/mol. The summed E-state index contributed by atoms with van der Waals surface area (Å²) >= 11 is 1.19. The van der Waals surface area contributed by atoms with Gasteiger partial charge in [-0.25, -0.2) is 4.98 Å². The fourth-order valence-corrected chi connectivity index (χ4v) is 3.19. The molecule has 0 atom stereocenters. The summed E-state index contributed by atoms with van der Waals surface area (Å²) in [6.07, 6.45) is 1.40. The SMILES string of the molecule is Cc1ccc(NC(=O)Cc2csc(NC(=O)c3ccoc3C)n2)cc1[N+](=O)[O-]. The second-order valence-electron chi connectivity index (χ2n) is 5.97. The van der Waals surface area contributed by atoms with Crippen molar-refractivity contribution in [2.24, 2.45) is 0 Å². The van der Waals surface area contributed by atoms with E-state index >= 15 is 0 Å². The van der Waals surface area contributed by atoms with Crippen molar-refractivity contribution in [3.05, 3.63) is 68.6 Å². The number of nitrogens with zero attached hydrogens (tertiary/aromatic N) is 2. The molecular weight excluding hydrogens is 384 g/mol. The first kappa shape index (κ1) is 19.2. The normalized spacial score (nSPS) is 10.5. The van der Waals surface area contributed by atoms with E-state index < -0.39 is 4.92 Å². The van der Waals surface area contributed by atoms with E-state index in [1.807, 2.05) is 0 Å². The highest BCUT2D eigenvalue weighted by Crippen LogP contribution is 2.23. The zero-order chi connectivity index (χ0) is 20.3. The second kappa shape index (κ2) is 8.01. The average Bonchev–Trinajstić information content (AvgIpc) is 3.25. The van der Waals surface area contributed by atoms with Gasteiger partial charge < -0.3 is 9.73 Å². The quantitative estimate of drug-likeness (QED) is 0.480. The molecule has 1 aromatic carbocycles. The molecule has 28 heavy (non-hydrogen) atoms. The predicted molar refractivity (Wildman–Crippen MR) is 104 cm³/mol. The molecule has 3 aromatic rings. The number of aromatic nitrogens is 1. The lowest BCUT2D eigenvalue weighted by Crippen LogP contribution is -2.15. The number of carbonyl (C=O) groups excluding carboxylic acids is 2. The van der Waals surface area contributed by atoms with Gasteiger partial charge in [0.25, 0.3) is 11.6 Å². The van der Waals surface area contributed by atoms with Crippen LogP contribution >= 0.6 is 11.3 Å². The first-order valence-corrected chi connectivity index (χ1v) is 9.06. The van der Waals surface area contributed by atoms with Gasteiger partial charge >= 0.3 is 0 Å². The zero-order valence-electron chi connectivity index (χ0n) is 15.0. The van der Waals surface area contributed by atoms with Crippen LogP contribution in [0.5, 0.6) is 0 Å². The molecule has 10 heteroatoms. The van der Waals surface area contributed by atoms with Crippen molar-refractivity contribution < 1.29 is 18.9 Å². The van der Waals surface area contributed by atoms with Crippen molar-refractivity contribution in [2.75, 3.05) is 10.6 Å².